The van der Waals surface area contributed by atoms with Crippen LogP contribution in [0.3, 0.4) is 0 Å². The van der Waals surface area contributed by atoms with Gasteiger partial charge in [-0.15, -0.1) is 0 Å². The molecular weight excluding hydrogens is 258 g/mol. The minimum absolute atomic E-state index is 0.0511. The van der Waals surface area contributed by atoms with Crippen LogP contribution in [0.2, 0.25) is 0 Å². The van der Waals surface area contributed by atoms with Gasteiger partial charge in [0.15, 0.2) is 11.5 Å². The van der Waals surface area contributed by atoms with Gasteiger partial charge in [-0.3, -0.25) is 0 Å². The molecule has 0 saturated heterocycles. The normalized spacial score (nSPS) is 10.6. The molecule has 108 valence electrons. The van der Waals surface area contributed by atoms with E-state index in [-0.39, 0.29) is 6.61 Å². The van der Waals surface area contributed by atoms with Gasteiger partial charge < -0.3 is 20.3 Å². The number of anilines is 1. The van der Waals surface area contributed by atoms with Crippen LogP contribution in [0.4, 0.5) is 5.69 Å². The summed E-state index contributed by atoms with van der Waals surface area (Å²) < 4.78 is 12.7. The number of nitrogen functional groups attached to an aromatic ring is 1. The summed E-state index contributed by atoms with van der Waals surface area (Å²) in [6.45, 7) is 1.93. The first-order chi connectivity index (χ1) is 9.60. The van der Waals surface area contributed by atoms with Crippen LogP contribution < -0.4 is 15.2 Å². The van der Waals surface area contributed by atoms with Gasteiger partial charge in [-0.05, 0) is 24.1 Å². The van der Waals surface area contributed by atoms with Gasteiger partial charge in [0, 0.05) is 7.05 Å². The smallest absolute Gasteiger partial charge is 0.241 e. The maximum Gasteiger partial charge on any atom is 0.241 e. The Hall–Kier alpha value is -2.21. The number of hydrogen-bond donors (Lipinski definition) is 2. The van der Waals surface area contributed by atoms with Crippen molar-refractivity contribution in [3.63, 3.8) is 0 Å². The average molecular weight is 277 g/mol. The minimum atomic E-state index is -0.0511. The van der Waals surface area contributed by atoms with E-state index in [1.165, 1.54) is 0 Å². The molecule has 3 N–H and O–H groups in total. The van der Waals surface area contributed by atoms with Gasteiger partial charge in [0.1, 0.15) is 5.69 Å². The number of rotatable bonds is 5. The molecule has 0 saturated carbocycles. The molecule has 6 heteroatoms. The molecule has 1 aromatic heterocycles. The van der Waals surface area contributed by atoms with E-state index < -0.39 is 0 Å². The number of hydrogen-bond acceptors (Lipinski definition) is 5. The van der Waals surface area contributed by atoms with Crippen LogP contribution >= 0.6 is 0 Å². The zero-order chi connectivity index (χ0) is 14.7. The second-order valence-electron chi connectivity index (χ2n) is 4.39. The summed E-state index contributed by atoms with van der Waals surface area (Å²) in [5.41, 5.74) is 8.10. The second kappa shape index (κ2) is 5.83. The molecule has 0 unspecified atom stereocenters. The van der Waals surface area contributed by atoms with Gasteiger partial charge in [-0.1, -0.05) is 13.0 Å². The fourth-order valence-electron chi connectivity index (χ4n) is 1.96. The summed E-state index contributed by atoms with van der Waals surface area (Å²) in [5.74, 6) is 1.55. The van der Waals surface area contributed by atoms with Crippen molar-refractivity contribution in [2.75, 3.05) is 12.8 Å². The fourth-order valence-corrected chi connectivity index (χ4v) is 1.96. The Morgan fingerprint density at radius 1 is 1.35 bits per heavy atom. The summed E-state index contributed by atoms with van der Waals surface area (Å²) in [5, 5.41) is 13.4. The van der Waals surface area contributed by atoms with Crippen molar-refractivity contribution in [1.29, 1.82) is 0 Å². The molecule has 0 radical (unpaired) electrons. The van der Waals surface area contributed by atoms with E-state index in [4.69, 9.17) is 20.3 Å². The molecule has 0 aliphatic rings. The zero-order valence-electron chi connectivity index (χ0n) is 11.9. The fraction of sp³-hybridized carbons (Fsp3) is 0.357. The molecule has 0 spiro atoms. The Bertz CT molecular complexity index is 608. The van der Waals surface area contributed by atoms with Gasteiger partial charge in [0.25, 0.3) is 0 Å². The van der Waals surface area contributed by atoms with E-state index in [1.54, 1.807) is 37.0 Å². The van der Waals surface area contributed by atoms with Crippen molar-refractivity contribution >= 4 is 5.69 Å². The third-order valence-electron chi connectivity index (χ3n) is 3.06. The number of benzene rings is 1. The number of nitrogens with zero attached hydrogens (tertiary/aromatic N) is 2. The van der Waals surface area contributed by atoms with Gasteiger partial charge in [-0.25, -0.2) is 4.68 Å². The monoisotopic (exact) mass is 277 g/mol. The molecular formula is C14H19N3O3. The van der Waals surface area contributed by atoms with Crippen LogP contribution in [0.15, 0.2) is 18.2 Å². The molecule has 2 rings (SSSR count). The van der Waals surface area contributed by atoms with Gasteiger partial charge in [0.05, 0.1) is 19.4 Å². The summed E-state index contributed by atoms with van der Waals surface area (Å²) in [6.07, 6.45) is 0.740. The Morgan fingerprint density at radius 2 is 2.10 bits per heavy atom. The predicted molar refractivity (Wildman–Crippen MR) is 76.0 cm³/mol. The molecule has 0 fully saturated rings. The van der Waals surface area contributed by atoms with Crippen molar-refractivity contribution in [3.05, 3.63) is 29.5 Å². The number of methoxy groups -OCH3 is 1. The number of aliphatic hydroxyl groups excluding tert-OH is 1. The lowest BCUT2D eigenvalue weighted by Gasteiger charge is -2.11. The minimum Gasteiger partial charge on any atom is -0.493 e. The van der Waals surface area contributed by atoms with Crippen LogP contribution in [0, 0.1) is 0 Å². The zero-order valence-corrected chi connectivity index (χ0v) is 11.9. The number of nitrogens with two attached hydrogens (primary N) is 1. The van der Waals surface area contributed by atoms with Crippen molar-refractivity contribution in [2.45, 2.75) is 20.0 Å². The largest absolute Gasteiger partial charge is 0.493 e. The lowest BCUT2D eigenvalue weighted by molar-refractivity contribution is 0.280. The second-order valence-corrected chi connectivity index (χ2v) is 4.39. The van der Waals surface area contributed by atoms with Crippen LogP contribution in [0.1, 0.15) is 18.2 Å². The Labute approximate surface area is 117 Å². The van der Waals surface area contributed by atoms with E-state index in [0.717, 1.165) is 17.7 Å². The molecule has 1 aromatic carbocycles. The van der Waals surface area contributed by atoms with Crippen molar-refractivity contribution in [3.8, 4) is 17.4 Å². The van der Waals surface area contributed by atoms with Crippen molar-refractivity contribution in [1.82, 2.24) is 9.78 Å². The topological polar surface area (TPSA) is 82.5 Å². The first kappa shape index (κ1) is 14.2. The lowest BCUT2D eigenvalue weighted by atomic mass is 10.2. The van der Waals surface area contributed by atoms with Crippen LogP contribution in [-0.4, -0.2) is 22.0 Å². The van der Waals surface area contributed by atoms with Crippen LogP contribution in [-0.2, 0) is 20.1 Å². The van der Waals surface area contributed by atoms with Gasteiger partial charge >= 0.3 is 0 Å². The summed E-state index contributed by atoms with van der Waals surface area (Å²) in [7, 11) is 3.33. The SMILES string of the molecule is CCc1nn(C)c(Oc2ccc(CO)cc2OC)c1N. The van der Waals surface area contributed by atoms with Crippen LogP contribution in [0.5, 0.6) is 17.4 Å². The molecule has 6 nitrogen and oxygen atoms in total. The molecule has 0 aliphatic heterocycles. The summed E-state index contributed by atoms with van der Waals surface area (Å²) >= 11 is 0. The Morgan fingerprint density at radius 3 is 2.65 bits per heavy atom. The number of aryl methyl sites for hydroxylation is 2. The van der Waals surface area contributed by atoms with Crippen LogP contribution in [0.25, 0.3) is 0 Å². The molecule has 1 heterocycles. The Kier molecular flexibility index (Phi) is 4.14. The summed E-state index contributed by atoms with van der Waals surface area (Å²) in [6, 6.07) is 5.23. The third-order valence-corrected chi connectivity index (χ3v) is 3.06. The lowest BCUT2D eigenvalue weighted by Crippen LogP contribution is -1.99. The summed E-state index contributed by atoms with van der Waals surface area (Å²) in [4.78, 5) is 0. The highest BCUT2D eigenvalue weighted by molar-refractivity contribution is 5.56. The molecule has 0 aliphatic carbocycles. The molecule has 0 bridgehead atoms. The van der Waals surface area contributed by atoms with Crippen molar-refractivity contribution < 1.29 is 14.6 Å². The van der Waals surface area contributed by atoms with E-state index >= 15 is 0 Å². The maximum atomic E-state index is 9.13. The standard InChI is InChI=1S/C14H19N3O3/c1-4-10-13(15)14(17(2)16-10)20-11-6-5-9(8-18)7-12(11)19-3/h5-7,18H,4,8,15H2,1-3H3. The molecule has 2 aromatic rings. The first-order valence-corrected chi connectivity index (χ1v) is 6.37. The predicted octanol–water partition coefficient (Wildman–Crippen LogP) is 1.86. The van der Waals surface area contributed by atoms with E-state index in [2.05, 4.69) is 5.10 Å². The third kappa shape index (κ3) is 2.55. The van der Waals surface area contributed by atoms with E-state index in [9.17, 15) is 0 Å². The molecule has 20 heavy (non-hydrogen) atoms. The number of aliphatic hydroxyl groups is 1. The van der Waals surface area contributed by atoms with Crippen molar-refractivity contribution in [2.24, 2.45) is 7.05 Å². The molecule has 0 amide bonds. The van der Waals surface area contributed by atoms with E-state index in [0.29, 0.717) is 23.1 Å². The first-order valence-electron chi connectivity index (χ1n) is 6.37. The highest BCUT2D eigenvalue weighted by Crippen LogP contribution is 2.35. The average Bonchev–Trinajstić information content (AvgIpc) is 2.74. The van der Waals surface area contributed by atoms with E-state index in [1.807, 2.05) is 6.92 Å². The van der Waals surface area contributed by atoms with Gasteiger partial charge in [-0.2, -0.15) is 5.10 Å². The van der Waals surface area contributed by atoms with Gasteiger partial charge in [0.2, 0.25) is 5.88 Å². The number of ether oxygens (including phenoxy) is 2. The highest BCUT2D eigenvalue weighted by atomic mass is 16.5. The Balaban J connectivity index is 2.37. The quantitative estimate of drug-likeness (QED) is 0.871. The highest BCUT2D eigenvalue weighted by Gasteiger charge is 2.16. The maximum absolute atomic E-state index is 9.13. The number of aromatic nitrogens is 2. The molecule has 0 atom stereocenters.